The summed E-state index contributed by atoms with van der Waals surface area (Å²) in [5.74, 6) is -0.0442. The smallest absolute Gasteiger partial charge is 0.269 e. The van der Waals surface area contributed by atoms with Crippen LogP contribution in [0.1, 0.15) is 29.0 Å². The van der Waals surface area contributed by atoms with Crippen LogP contribution in [0.4, 0.5) is 0 Å². The quantitative estimate of drug-likeness (QED) is 0.812. The van der Waals surface area contributed by atoms with Gasteiger partial charge in [-0.25, -0.2) is 0 Å². The lowest BCUT2D eigenvalue weighted by Gasteiger charge is -2.15. The number of carbonyl (C=O) groups is 1. The lowest BCUT2D eigenvalue weighted by atomic mass is 10.3. The summed E-state index contributed by atoms with van der Waals surface area (Å²) in [5.41, 5.74) is 1.49. The molecule has 1 aliphatic rings. The van der Waals surface area contributed by atoms with Gasteiger partial charge in [0.2, 0.25) is 0 Å². The van der Waals surface area contributed by atoms with Gasteiger partial charge in [0.05, 0.1) is 5.69 Å². The van der Waals surface area contributed by atoms with Gasteiger partial charge in [-0.05, 0) is 32.9 Å². The van der Waals surface area contributed by atoms with Crippen LogP contribution >= 0.6 is 0 Å². The first-order valence-electron chi connectivity index (χ1n) is 6.07. The van der Waals surface area contributed by atoms with Gasteiger partial charge in [-0.2, -0.15) is 5.10 Å². The molecule has 1 fully saturated rings. The van der Waals surface area contributed by atoms with E-state index in [0.29, 0.717) is 12.2 Å². The van der Waals surface area contributed by atoms with Crippen molar-refractivity contribution in [3.63, 3.8) is 0 Å². The molecule has 0 radical (unpaired) electrons. The fourth-order valence-electron chi connectivity index (χ4n) is 1.96. The van der Waals surface area contributed by atoms with Crippen LogP contribution < -0.4 is 5.32 Å². The molecule has 17 heavy (non-hydrogen) atoms. The molecule has 0 saturated heterocycles. The van der Waals surface area contributed by atoms with Crippen molar-refractivity contribution < 1.29 is 4.79 Å². The topological polar surface area (TPSA) is 50.2 Å². The van der Waals surface area contributed by atoms with Crippen LogP contribution in [-0.4, -0.2) is 46.8 Å². The summed E-state index contributed by atoms with van der Waals surface area (Å²) in [4.78, 5) is 14.2. The third-order valence-electron chi connectivity index (χ3n) is 3.15. The number of nitrogens with one attached hydrogen (secondary N) is 1. The third-order valence-corrected chi connectivity index (χ3v) is 3.15. The standard InChI is InChI=1S/C12H20N4O/c1-9-8-11(16(3)14-9)12(17)13-6-7-15(2)10-4-5-10/h8,10H,4-7H2,1-3H3,(H,13,17). The van der Waals surface area contributed by atoms with E-state index in [1.165, 1.54) is 12.8 Å². The summed E-state index contributed by atoms with van der Waals surface area (Å²) in [5, 5.41) is 7.08. The van der Waals surface area contributed by atoms with Gasteiger partial charge in [0, 0.05) is 26.2 Å². The Labute approximate surface area is 102 Å². The summed E-state index contributed by atoms with van der Waals surface area (Å²) in [7, 11) is 3.90. The SMILES string of the molecule is Cc1cc(C(=O)NCCN(C)C2CC2)n(C)n1. The molecule has 2 rings (SSSR count). The number of hydrogen-bond donors (Lipinski definition) is 1. The van der Waals surface area contributed by atoms with Crippen LogP contribution in [0.3, 0.4) is 0 Å². The molecule has 1 amide bonds. The Balaban J connectivity index is 1.78. The van der Waals surface area contributed by atoms with Crippen LogP contribution in [0.2, 0.25) is 0 Å². The fourth-order valence-corrected chi connectivity index (χ4v) is 1.96. The highest BCUT2D eigenvalue weighted by Gasteiger charge is 2.25. The minimum Gasteiger partial charge on any atom is -0.349 e. The lowest BCUT2D eigenvalue weighted by Crippen LogP contribution is -2.34. The monoisotopic (exact) mass is 236 g/mol. The summed E-state index contributed by atoms with van der Waals surface area (Å²) >= 11 is 0. The van der Waals surface area contributed by atoms with E-state index in [1.807, 2.05) is 6.92 Å². The highest BCUT2D eigenvalue weighted by Crippen LogP contribution is 2.24. The van der Waals surface area contributed by atoms with E-state index in [-0.39, 0.29) is 5.91 Å². The highest BCUT2D eigenvalue weighted by atomic mass is 16.2. The summed E-state index contributed by atoms with van der Waals surface area (Å²) < 4.78 is 1.62. The van der Waals surface area contributed by atoms with Crippen molar-refractivity contribution in [3.8, 4) is 0 Å². The molecule has 0 aromatic carbocycles. The first kappa shape index (κ1) is 12.1. The minimum atomic E-state index is -0.0442. The van der Waals surface area contributed by atoms with E-state index in [9.17, 15) is 4.79 Å². The van der Waals surface area contributed by atoms with Crippen LogP contribution in [0.25, 0.3) is 0 Å². The van der Waals surface area contributed by atoms with Crippen LogP contribution in [0.5, 0.6) is 0 Å². The van der Waals surface area contributed by atoms with Gasteiger partial charge in [0.15, 0.2) is 0 Å². The van der Waals surface area contributed by atoms with E-state index in [0.717, 1.165) is 18.3 Å². The lowest BCUT2D eigenvalue weighted by molar-refractivity contribution is 0.0940. The van der Waals surface area contributed by atoms with E-state index >= 15 is 0 Å². The van der Waals surface area contributed by atoms with Crippen molar-refractivity contribution in [1.82, 2.24) is 20.0 Å². The predicted octanol–water partition coefficient (Wildman–Crippen LogP) is 0.553. The molecule has 0 bridgehead atoms. The highest BCUT2D eigenvalue weighted by molar-refractivity contribution is 5.92. The van der Waals surface area contributed by atoms with E-state index in [4.69, 9.17) is 0 Å². The Morgan fingerprint density at radius 3 is 2.88 bits per heavy atom. The second-order valence-corrected chi connectivity index (χ2v) is 4.76. The van der Waals surface area contributed by atoms with Gasteiger partial charge in [-0.15, -0.1) is 0 Å². The van der Waals surface area contributed by atoms with Crippen LogP contribution in [-0.2, 0) is 7.05 Å². The minimum absolute atomic E-state index is 0.0442. The van der Waals surface area contributed by atoms with Gasteiger partial charge in [-0.1, -0.05) is 0 Å². The predicted molar refractivity (Wildman–Crippen MR) is 65.9 cm³/mol. The Morgan fingerprint density at radius 2 is 2.35 bits per heavy atom. The zero-order valence-electron chi connectivity index (χ0n) is 10.7. The summed E-state index contributed by atoms with van der Waals surface area (Å²) in [6.07, 6.45) is 2.59. The molecule has 1 N–H and O–H groups in total. The average molecular weight is 236 g/mol. The van der Waals surface area contributed by atoms with Crippen LogP contribution in [0.15, 0.2) is 6.07 Å². The molecule has 1 aromatic heterocycles. The van der Waals surface area contributed by atoms with E-state index in [1.54, 1.807) is 17.8 Å². The number of carbonyl (C=O) groups excluding carboxylic acids is 1. The molecule has 1 heterocycles. The molecule has 1 aliphatic carbocycles. The van der Waals surface area contributed by atoms with Gasteiger partial charge < -0.3 is 10.2 Å². The molecule has 94 valence electrons. The van der Waals surface area contributed by atoms with Crippen molar-refractivity contribution in [3.05, 3.63) is 17.5 Å². The van der Waals surface area contributed by atoms with Gasteiger partial charge >= 0.3 is 0 Å². The number of likely N-dealkylation sites (N-methyl/N-ethyl adjacent to an activating group) is 1. The molecule has 1 aromatic rings. The first-order valence-corrected chi connectivity index (χ1v) is 6.07. The largest absolute Gasteiger partial charge is 0.349 e. The maximum absolute atomic E-state index is 11.9. The Morgan fingerprint density at radius 1 is 1.65 bits per heavy atom. The fraction of sp³-hybridized carbons (Fsp3) is 0.667. The zero-order valence-corrected chi connectivity index (χ0v) is 10.7. The summed E-state index contributed by atoms with van der Waals surface area (Å²) in [6.45, 7) is 3.49. The number of nitrogens with zero attached hydrogens (tertiary/aromatic N) is 3. The van der Waals surface area contributed by atoms with E-state index in [2.05, 4.69) is 22.4 Å². The first-order chi connectivity index (χ1) is 8.08. The van der Waals surface area contributed by atoms with Crippen molar-refractivity contribution in [2.45, 2.75) is 25.8 Å². The average Bonchev–Trinajstić information content (AvgIpc) is 3.04. The van der Waals surface area contributed by atoms with Crippen molar-refractivity contribution >= 4 is 5.91 Å². The summed E-state index contributed by atoms with van der Waals surface area (Å²) in [6, 6.07) is 2.55. The molecular weight excluding hydrogens is 216 g/mol. The number of rotatable bonds is 5. The number of amides is 1. The second kappa shape index (κ2) is 4.87. The second-order valence-electron chi connectivity index (χ2n) is 4.76. The van der Waals surface area contributed by atoms with Gasteiger partial charge in [0.1, 0.15) is 5.69 Å². The van der Waals surface area contributed by atoms with Crippen molar-refractivity contribution in [1.29, 1.82) is 0 Å². The molecule has 0 atom stereocenters. The third kappa shape index (κ3) is 3.06. The van der Waals surface area contributed by atoms with E-state index < -0.39 is 0 Å². The molecule has 5 nitrogen and oxygen atoms in total. The van der Waals surface area contributed by atoms with Gasteiger partial charge in [0.25, 0.3) is 5.91 Å². The Kier molecular flexibility index (Phi) is 3.47. The molecule has 0 aliphatic heterocycles. The van der Waals surface area contributed by atoms with Crippen molar-refractivity contribution in [2.75, 3.05) is 20.1 Å². The Bertz CT molecular complexity index is 409. The molecule has 1 saturated carbocycles. The number of aromatic nitrogens is 2. The van der Waals surface area contributed by atoms with Crippen LogP contribution in [0, 0.1) is 6.92 Å². The Hall–Kier alpha value is -1.36. The normalized spacial score (nSPS) is 15.3. The van der Waals surface area contributed by atoms with Gasteiger partial charge in [-0.3, -0.25) is 9.48 Å². The molecule has 0 unspecified atom stereocenters. The van der Waals surface area contributed by atoms with Crippen molar-refractivity contribution in [2.24, 2.45) is 7.05 Å². The molecule has 5 heteroatoms. The zero-order chi connectivity index (χ0) is 12.4. The maximum Gasteiger partial charge on any atom is 0.269 e. The maximum atomic E-state index is 11.9. The number of aryl methyl sites for hydroxylation is 2. The molecular formula is C12H20N4O. The number of hydrogen-bond acceptors (Lipinski definition) is 3. The molecule has 0 spiro atoms.